The van der Waals surface area contributed by atoms with Crippen LogP contribution in [0.3, 0.4) is 0 Å². The molecule has 3 heterocycles. The van der Waals surface area contributed by atoms with E-state index in [1.54, 1.807) is 18.2 Å². The van der Waals surface area contributed by atoms with Crippen molar-refractivity contribution in [1.29, 1.82) is 0 Å². The highest BCUT2D eigenvalue weighted by Gasteiger charge is 2.46. The monoisotopic (exact) mass is 449 g/mol. The standard InChI is InChI=1S/C19H20FN5O7/c1-31-17(29)9-5-3-2-4-8(9)6-24-12-14(22-18(21)23-15(12)28)25(19(24)30)16-13(27)11(20)10(7-26)32-16/h2-5,10-11,13,16,26-27H,6-7H2,1H3,(H3,21,22,23,28)/t10-,11-,13-,16-/m1/s1. The smallest absolute Gasteiger partial charge is 0.338 e. The third kappa shape index (κ3) is 3.36. The van der Waals surface area contributed by atoms with Gasteiger partial charge < -0.3 is 25.4 Å². The van der Waals surface area contributed by atoms with E-state index < -0.39 is 48.4 Å². The van der Waals surface area contributed by atoms with Crippen molar-refractivity contribution in [1.82, 2.24) is 19.1 Å². The molecule has 3 aromatic rings. The largest absolute Gasteiger partial charge is 0.465 e. The summed E-state index contributed by atoms with van der Waals surface area (Å²) in [5.74, 6) is -0.958. The number of anilines is 1. The summed E-state index contributed by atoms with van der Waals surface area (Å²) in [6, 6.07) is 6.31. The van der Waals surface area contributed by atoms with E-state index in [1.165, 1.54) is 13.2 Å². The number of carbonyl (C=O) groups is 1. The van der Waals surface area contributed by atoms with Crippen LogP contribution in [0, 0.1) is 0 Å². The quantitative estimate of drug-likeness (QED) is 0.352. The number of rotatable bonds is 5. The molecule has 2 aromatic heterocycles. The number of carbonyl (C=O) groups excluding carboxylic acids is 1. The number of halogens is 1. The van der Waals surface area contributed by atoms with Crippen molar-refractivity contribution in [3.63, 3.8) is 0 Å². The van der Waals surface area contributed by atoms with E-state index in [0.717, 1.165) is 9.13 Å². The summed E-state index contributed by atoms with van der Waals surface area (Å²) in [4.78, 5) is 44.4. The molecule has 1 aliphatic heterocycles. The van der Waals surface area contributed by atoms with E-state index in [1.807, 2.05) is 0 Å². The molecular weight excluding hydrogens is 429 g/mol. The molecule has 4 atom stereocenters. The molecule has 12 nitrogen and oxygen atoms in total. The Morgan fingerprint density at radius 3 is 2.75 bits per heavy atom. The molecule has 1 saturated heterocycles. The number of benzene rings is 1. The van der Waals surface area contributed by atoms with Gasteiger partial charge in [-0.05, 0) is 11.6 Å². The minimum Gasteiger partial charge on any atom is -0.465 e. The van der Waals surface area contributed by atoms with Crippen LogP contribution in [-0.2, 0) is 16.0 Å². The lowest BCUT2D eigenvalue weighted by Crippen LogP contribution is -2.34. The van der Waals surface area contributed by atoms with Gasteiger partial charge in [-0.1, -0.05) is 18.2 Å². The average Bonchev–Trinajstić information content (AvgIpc) is 3.20. The number of aliphatic hydroxyl groups is 2. The number of esters is 1. The fourth-order valence-corrected chi connectivity index (χ4v) is 3.78. The van der Waals surface area contributed by atoms with Crippen molar-refractivity contribution < 1.29 is 28.9 Å². The number of fused-ring (bicyclic) bond motifs is 1. The van der Waals surface area contributed by atoms with Crippen LogP contribution in [0.4, 0.5) is 10.3 Å². The molecule has 1 fully saturated rings. The Hall–Kier alpha value is -3.55. The summed E-state index contributed by atoms with van der Waals surface area (Å²) < 4.78 is 26.2. The number of nitrogens with zero attached hydrogens (tertiary/aromatic N) is 3. The number of nitrogens with one attached hydrogen (secondary N) is 1. The Labute approximate surface area is 178 Å². The van der Waals surface area contributed by atoms with Gasteiger partial charge in [-0.15, -0.1) is 0 Å². The molecule has 0 radical (unpaired) electrons. The number of methoxy groups -OCH3 is 1. The molecule has 1 aliphatic rings. The van der Waals surface area contributed by atoms with E-state index in [2.05, 4.69) is 9.97 Å². The maximum absolute atomic E-state index is 14.3. The summed E-state index contributed by atoms with van der Waals surface area (Å²) in [5.41, 5.74) is 4.07. The predicted molar refractivity (Wildman–Crippen MR) is 108 cm³/mol. The van der Waals surface area contributed by atoms with Crippen molar-refractivity contribution in [3.05, 3.63) is 56.2 Å². The molecule has 0 amide bonds. The lowest BCUT2D eigenvalue weighted by molar-refractivity contribution is -0.0513. The van der Waals surface area contributed by atoms with E-state index in [-0.39, 0.29) is 29.2 Å². The number of hydrogen-bond acceptors (Lipinski definition) is 9. The summed E-state index contributed by atoms with van der Waals surface area (Å²) in [5, 5.41) is 19.6. The number of H-pyrrole nitrogens is 1. The molecular formula is C19H20FN5O7. The van der Waals surface area contributed by atoms with Crippen molar-refractivity contribution in [2.45, 2.75) is 31.2 Å². The molecule has 0 bridgehead atoms. The van der Waals surface area contributed by atoms with Crippen molar-refractivity contribution in [2.75, 3.05) is 19.5 Å². The molecule has 32 heavy (non-hydrogen) atoms. The number of imidazole rings is 1. The normalized spacial score (nSPS) is 23.0. The van der Waals surface area contributed by atoms with Gasteiger partial charge >= 0.3 is 11.7 Å². The molecule has 1 aromatic carbocycles. The molecule has 4 rings (SSSR count). The number of alkyl halides is 1. The van der Waals surface area contributed by atoms with Crippen LogP contribution in [0.1, 0.15) is 22.1 Å². The minimum atomic E-state index is -1.98. The van der Waals surface area contributed by atoms with Crippen molar-refractivity contribution in [3.8, 4) is 0 Å². The summed E-state index contributed by atoms with van der Waals surface area (Å²) in [6.45, 7) is -0.974. The van der Waals surface area contributed by atoms with E-state index in [0.29, 0.717) is 5.56 Å². The lowest BCUT2D eigenvalue weighted by Gasteiger charge is -2.15. The number of aliphatic hydroxyl groups excluding tert-OH is 2. The zero-order chi connectivity index (χ0) is 23.2. The Kier molecular flexibility index (Phi) is 5.54. The highest BCUT2D eigenvalue weighted by molar-refractivity contribution is 5.91. The molecule has 170 valence electrons. The number of nitrogen functional groups attached to an aromatic ring is 1. The number of ether oxygens (including phenoxy) is 2. The van der Waals surface area contributed by atoms with Gasteiger partial charge in [0.05, 0.1) is 25.8 Å². The second-order valence-corrected chi connectivity index (χ2v) is 7.19. The number of aromatic nitrogens is 4. The Morgan fingerprint density at radius 2 is 2.09 bits per heavy atom. The number of aromatic amines is 1. The first-order valence-electron chi connectivity index (χ1n) is 9.53. The number of hydrogen-bond donors (Lipinski definition) is 4. The van der Waals surface area contributed by atoms with Crippen LogP contribution in [-0.4, -0.2) is 67.4 Å². The van der Waals surface area contributed by atoms with E-state index in [9.17, 15) is 29.0 Å². The molecule has 5 N–H and O–H groups in total. The van der Waals surface area contributed by atoms with Crippen LogP contribution >= 0.6 is 0 Å². The van der Waals surface area contributed by atoms with Gasteiger partial charge in [0.1, 0.15) is 12.2 Å². The van der Waals surface area contributed by atoms with Gasteiger partial charge in [-0.25, -0.2) is 18.5 Å². The Bertz CT molecular complexity index is 1300. The van der Waals surface area contributed by atoms with Gasteiger partial charge in [0.25, 0.3) is 5.56 Å². The van der Waals surface area contributed by atoms with Crippen LogP contribution < -0.4 is 17.0 Å². The summed E-state index contributed by atoms with van der Waals surface area (Å²) in [7, 11) is 1.21. The summed E-state index contributed by atoms with van der Waals surface area (Å²) >= 11 is 0. The van der Waals surface area contributed by atoms with Gasteiger partial charge in [-0.2, -0.15) is 4.98 Å². The van der Waals surface area contributed by atoms with E-state index in [4.69, 9.17) is 15.2 Å². The lowest BCUT2D eigenvalue weighted by atomic mass is 10.1. The van der Waals surface area contributed by atoms with Gasteiger partial charge in [-0.3, -0.25) is 14.3 Å². The maximum Gasteiger partial charge on any atom is 0.338 e. The van der Waals surface area contributed by atoms with E-state index >= 15 is 0 Å². The first-order chi connectivity index (χ1) is 15.3. The zero-order valence-corrected chi connectivity index (χ0v) is 16.8. The number of nitrogens with two attached hydrogens (primary N) is 1. The Balaban J connectivity index is 1.93. The first kappa shape index (κ1) is 21.7. The fraction of sp³-hybridized carbons (Fsp3) is 0.368. The topological polar surface area (TPSA) is 175 Å². The van der Waals surface area contributed by atoms with Crippen LogP contribution in [0.25, 0.3) is 11.2 Å². The predicted octanol–water partition coefficient (Wildman–Crippen LogP) is -1.11. The van der Waals surface area contributed by atoms with Crippen LogP contribution in [0.15, 0.2) is 33.9 Å². The van der Waals surface area contributed by atoms with Crippen molar-refractivity contribution in [2.24, 2.45) is 0 Å². The second-order valence-electron chi connectivity index (χ2n) is 7.19. The van der Waals surface area contributed by atoms with Crippen LogP contribution in [0.2, 0.25) is 0 Å². The molecule has 0 aliphatic carbocycles. The second kappa shape index (κ2) is 8.18. The third-order valence-electron chi connectivity index (χ3n) is 5.30. The molecule has 13 heteroatoms. The fourth-order valence-electron chi connectivity index (χ4n) is 3.78. The zero-order valence-electron chi connectivity index (χ0n) is 16.8. The van der Waals surface area contributed by atoms with Crippen LogP contribution in [0.5, 0.6) is 0 Å². The first-order valence-corrected chi connectivity index (χ1v) is 9.53. The highest BCUT2D eigenvalue weighted by atomic mass is 19.1. The molecule has 0 spiro atoms. The van der Waals surface area contributed by atoms with Gasteiger partial charge in [0.15, 0.2) is 23.6 Å². The van der Waals surface area contributed by atoms with Gasteiger partial charge in [0.2, 0.25) is 5.95 Å². The molecule has 0 unspecified atom stereocenters. The third-order valence-corrected chi connectivity index (χ3v) is 5.30. The minimum absolute atomic E-state index is 0.170. The average molecular weight is 449 g/mol. The summed E-state index contributed by atoms with van der Waals surface area (Å²) in [6.07, 6.45) is -6.73. The van der Waals surface area contributed by atoms with Crippen molar-refractivity contribution >= 4 is 23.1 Å². The van der Waals surface area contributed by atoms with Gasteiger partial charge in [0, 0.05) is 0 Å². The SMILES string of the molecule is COC(=O)c1ccccc1Cn1c(=O)n([C@@H]2O[C@H](CO)[C@@H](F)[C@H]2O)c2nc(N)[nH]c(=O)c21. The Morgan fingerprint density at radius 1 is 1.38 bits per heavy atom. The highest BCUT2D eigenvalue weighted by Crippen LogP contribution is 2.32. The molecule has 0 saturated carbocycles. The maximum atomic E-state index is 14.3.